The summed E-state index contributed by atoms with van der Waals surface area (Å²) >= 11 is 3.04. The number of ether oxygens (including phenoxy) is 1. The highest BCUT2D eigenvalue weighted by molar-refractivity contribution is 9.10. The van der Waals surface area contributed by atoms with E-state index in [2.05, 4.69) is 15.9 Å². The molecule has 5 heteroatoms. The minimum Gasteiger partial charge on any atom is -0.497 e. The molecule has 19 heavy (non-hydrogen) atoms. The van der Waals surface area contributed by atoms with Gasteiger partial charge in [-0.15, -0.1) is 0 Å². The van der Waals surface area contributed by atoms with Crippen LogP contribution in [0.4, 0.5) is 13.2 Å². The fourth-order valence-corrected chi connectivity index (χ4v) is 1.46. The number of benzene rings is 2. The third-order valence-corrected chi connectivity index (χ3v) is 2.68. The van der Waals surface area contributed by atoms with Crippen LogP contribution in [0.15, 0.2) is 59.1 Å². The monoisotopic (exact) mass is 332 g/mol. The van der Waals surface area contributed by atoms with Crippen molar-refractivity contribution in [3.05, 3.63) is 64.6 Å². The first-order valence-electron chi connectivity index (χ1n) is 5.35. The number of hydrogen-bond donors (Lipinski definition) is 0. The van der Waals surface area contributed by atoms with E-state index in [0.29, 0.717) is 4.47 Å². The van der Waals surface area contributed by atoms with Crippen LogP contribution in [0.25, 0.3) is 0 Å². The van der Waals surface area contributed by atoms with Crippen molar-refractivity contribution in [1.82, 2.24) is 0 Å². The number of halogens is 4. The molecule has 0 aromatic heterocycles. The largest absolute Gasteiger partial charge is 0.497 e. The zero-order valence-electron chi connectivity index (χ0n) is 10.1. The molecule has 2 aromatic rings. The van der Waals surface area contributed by atoms with Gasteiger partial charge in [-0.25, -0.2) is 0 Å². The molecular formula is C14H12BrF3O. The molecule has 102 valence electrons. The summed E-state index contributed by atoms with van der Waals surface area (Å²) < 4.78 is 41.3. The molecule has 1 nitrogen and oxygen atoms in total. The van der Waals surface area contributed by atoms with Gasteiger partial charge in [0.1, 0.15) is 5.75 Å². The second-order valence-corrected chi connectivity index (χ2v) is 4.44. The first-order valence-corrected chi connectivity index (χ1v) is 6.14. The summed E-state index contributed by atoms with van der Waals surface area (Å²) in [5.74, 6) is 0.910. The Balaban J connectivity index is 0.000000200. The van der Waals surface area contributed by atoms with Gasteiger partial charge in [0.15, 0.2) is 0 Å². The summed E-state index contributed by atoms with van der Waals surface area (Å²) in [4.78, 5) is 0. The van der Waals surface area contributed by atoms with E-state index in [1.165, 1.54) is 12.1 Å². The number of para-hydroxylation sites is 1. The Hall–Kier alpha value is -1.49. The highest BCUT2D eigenvalue weighted by Gasteiger charge is 2.29. The van der Waals surface area contributed by atoms with Gasteiger partial charge in [-0.1, -0.05) is 34.1 Å². The predicted molar refractivity (Wildman–Crippen MR) is 72.1 cm³/mol. The van der Waals surface area contributed by atoms with Crippen LogP contribution < -0.4 is 4.74 Å². The third-order valence-electron chi connectivity index (χ3n) is 2.15. The zero-order chi connectivity index (χ0) is 14.3. The molecule has 0 bridgehead atoms. The Kier molecular flexibility index (Phi) is 5.89. The number of alkyl halides is 3. The number of hydrogen-bond acceptors (Lipinski definition) is 1. The van der Waals surface area contributed by atoms with Crippen LogP contribution in [0.1, 0.15) is 5.56 Å². The molecule has 0 N–H and O–H groups in total. The molecule has 2 rings (SSSR count). The van der Waals surface area contributed by atoms with Crippen LogP contribution >= 0.6 is 15.9 Å². The lowest BCUT2D eigenvalue weighted by molar-refractivity contribution is -0.137. The molecule has 0 aliphatic carbocycles. The van der Waals surface area contributed by atoms with E-state index in [9.17, 15) is 13.2 Å². The lowest BCUT2D eigenvalue weighted by Crippen LogP contribution is -2.03. The van der Waals surface area contributed by atoms with Gasteiger partial charge in [-0.3, -0.25) is 0 Å². The highest BCUT2D eigenvalue weighted by atomic mass is 79.9. The minimum atomic E-state index is -4.24. The first kappa shape index (κ1) is 15.6. The molecule has 0 fully saturated rings. The summed E-state index contributed by atoms with van der Waals surface area (Å²) in [5, 5.41) is 0. The maximum Gasteiger partial charge on any atom is 0.416 e. The molecule has 2 aromatic carbocycles. The molecule has 0 aliphatic heterocycles. The maximum absolute atomic E-state index is 11.9. The molecule has 0 spiro atoms. The second kappa shape index (κ2) is 7.19. The van der Waals surface area contributed by atoms with E-state index >= 15 is 0 Å². The van der Waals surface area contributed by atoms with Gasteiger partial charge in [-0.05, 0) is 36.4 Å². The van der Waals surface area contributed by atoms with Crippen LogP contribution in [0.3, 0.4) is 0 Å². The van der Waals surface area contributed by atoms with Gasteiger partial charge < -0.3 is 4.74 Å². The van der Waals surface area contributed by atoms with Crippen molar-refractivity contribution in [1.29, 1.82) is 0 Å². The van der Waals surface area contributed by atoms with E-state index in [1.807, 2.05) is 30.3 Å². The van der Waals surface area contributed by atoms with E-state index in [4.69, 9.17) is 4.74 Å². The van der Waals surface area contributed by atoms with E-state index in [-0.39, 0.29) is 0 Å². The molecule has 0 amide bonds. The molecule has 0 saturated heterocycles. The molecular weight excluding hydrogens is 321 g/mol. The van der Waals surface area contributed by atoms with E-state index in [0.717, 1.165) is 17.9 Å². The highest BCUT2D eigenvalue weighted by Crippen LogP contribution is 2.29. The standard InChI is InChI=1S/C7H4BrF3.C7H8O/c8-6-3-1-5(2-4-6)7(9,10)11;1-8-7-5-3-2-4-6-7/h1-4H;2-6H,1H3. The van der Waals surface area contributed by atoms with Gasteiger partial charge >= 0.3 is 6.18 Å². The summed E-state index contributed by atoms with van der Waals surface area (Å²) in [6.07, 6.45) is -4.24. The minimum absolute atomic E-state index is 0.624. The third kappa shape index (κ3) is 5.79. The average molecular weight is 333 g/mol. The summed E-state index contributed by atoms with van der Waals surface area (Å²) in [6.45, 7) is 0. The van der Waals surface area contributed by atoms with Crippen LogP contribution in [0.5, 0.6) is 5.75 Å². The average Bonchev–Trinajstić information content (AvgIpc) is 2.40. The Labute approximate surface area is 118 Å². The maximum atomic E-state index is 11.9. The zero-order valence-corrected chi connectivity index (χ0v) is 11.7. The molecule has 0 aliphatic rings. The van der Waals surface area contributed by atoms with Crippen LogP contribution in [0, 0.1) is 0 Å². The van der Waals surface area contributed by atoms with Gasteiger partial charge in [0.05, 0.1) is 12.7 Å². The van der Waals surface area contributed by atoms with E-state index in [1.54, 1.807) is 7.11 Å². The molecule has 0 saturated carbocycles. The van der Waals surface area contributed by atoms with Gasteiger partial charge in [0, 0.05) is 4.47 Å². The number of methoxy groups -OCH3 is 1. The van der Waals surface area contributed by atoms with Crippen molar-refractivity contribution in [3.8, 4) is 5.75 Å². The van der Waals surface area contributed by atoms with Crippen LogP contribution in [0.2, 0.25) is 0 Å². The van der Waals surface area contributed by atoms with Crippen molar-refractivity contribution in [2.75, 3.05) is 7.11 Å². The smallest absolute Gasteiger partial charge is 0.416 e. The van der Waals surface area contributed by atoms with Crippen LogP contribution in [-0.2, 0) is 6.18 Å². The fraction of sp³-hybridized carbons (Fsp3) is 0.143. The lowest BCUT2D eigenvalue weighted by atomic mass is 10.2. The van der Waals surface area contributed by atoms with Crippen molar-refractivity contribution in [2.24, 2.45) is 0 Å². The Bertz CT molecular complexity index is 480. The van der Waals surface area contributed by atoms with Crippen molar-refractivity contribution in [3.63, 3.8) is 0 Å². The van der Waals surface area contributed by atoms with Gasteiger partial charge in [0.2, 0.25) is 0 Å². The predicted octanol–water partition coefficient (Wildman–Crippen LogP) is 5.16. The first-order chi connectivity index (χ1) is 8.93. The second-order valence-electron chi connectivity index (χ2n) is 3.52. The van der Waals surface area contributed by atoms with Crippen molar-refractivity contribution >= 4 is 15.9 Å². The van der Waals surface area contributed by atoms with Gasteiger partial charge in [-0.2, -0.15) is 13.2 Å². The Morgan fingerprint density at radius 2 is 1.42 bits per heavy atom. The summed E-state index contributed by atoms with van der Waals surface area (Å²) in [5.41, 5.74) is -0.624. The summed E-state index contributed by atoms with van der Waals surface area (Å²) in [6, 6.07) is 14.5. The number of rotatable bonds is 1. The molecule has 0 atom stereocenters. The normalized spacial score (nSPS) is 10.4. The Morgan fingerprint density at radius 3 is 1.79 bits per heavy atom. The fourth-order valence-electron chi connectivity index (χ4n) is 1.20. The summed E-state index contributed by atoms with van der Waals surface area (Å²) in [7, 11) is 1.66. The lowest BCUT2D eigenvalue weighted by Gasteiger charge is -2.04. The SMILES string of the molecule is COc1ccccc1.FC(F)(F)c1ccc(Br)cc1. The van der Waals surface area contributed by atoms with E-state index < -0.39 is 11.7 Å². The quantitative estimate of drug-likeness (QED) is 0.700. The topological polar surface area (TPSA) is 9.23 Å². The van der Waals surface area contributed by atoms with Crippen molar-refractivity contribution < 1.29 is 17.9 Å². The van der Waals surface area contributed by atoms with Crippen molar-refractivity contribution in [2.45, 2.75) is 6.18 Å². The van der Waals surface area contributed by atoms with Crippen LogP contribution in [-0.4, -0.2) is 7.11 Å². The molecule has 0 unspecified atom stereocenters. The molecule has 0 radical (unpaired) electrons. The molecule has 0 heterocycles. The van der Waals surface area contributed by atoms with Gasteiger partial charge in [0.25, 0.3) is 0 Å². The Morgan fingerprint density at radius 1 is 0.895 bits per heavy atom.